The molecule has 100 valence electrons. The fourth-order valence-corrected chi connectivity index (χ4v) is 1.28. The number of amides is 2. The van der Waals surface area contributed by atoms with Gasteiger partial charge in [-0.25, -0.2) is 0 Å². The van der Waals surface area contributed by atoms with Gasteiger partial charge in [-0.2, -0.15) is 0 Å². The molecule has 0 aliphatic rings. The summed E-state index contributed by atoms with van der Waals surface area (Å²) >= 11 is 0. The van der Waals surface area contributed by atoms with Crippen molar-refractivity contribution >= 4 is 11.8 Å². The second kappa shape index (κ2) is 8.95. The molecule has 0 spiro atoms. The normalized spacial score (nSPS) is 12.3. The van der Waals surface area contributed by atoms with E-state index in [1.54, 1.807) is 0 Å². The Labute approximate surface area is 102 Å². The van der Waals surface area contributed by atoms with Crippen molar-refractivity contribution in [2.24, 2.45) is 5.92 Å². The maximum Gasteiger partial charge on any atom is 0.242 e. The highest BCUT2D eigenvalue weighted by molar-refractivity contribution is 5.86. The van der Waals surface area contributed by atoms with Gasteiger partial charge in [-0.15, -0.1) is 0 Å². The number of aliphatic hydroxyl groups is 1. The molecule has 0 heterocycles. The number of hydrogen-bond donors (Lipinski definition) is 3. The number of aliphatic hydroxyl groups excluding tert-OH is 1. The zero-order valence-electron chi connectivity index (χ0n) is 10.7. The number of hydrogen-bond acceptors (Lipinski definition) is 4. The van der Waals surface area contributed by atoms with Gasteiger partial charge in [-0.3, -0.25) is 9.59 Å². The van der Waals surface area contributed by atoms with Crippen molar-refractivity contribution in [1.82, 2.24) is 10.6 Å². The first-order chi connectivity index (χ1) is 7.99. The molecular formula is C11H22N2O4. The molecule has 0 radical (unpaired) electrons. The van der Waals surface area contributed by atoms with Gasteiger partial charge < -0.3 is 20.5 Å². The van der Waals surface area contributed by atoms with Crippen LogP contribution in [0.15, 0.2) is 0 Å². The van der Waals surface area contributed by atoms with Gasteiger partial charge in [0.2, 0.25) is 11.8 Å². The molecular weight excluding hydrogens is 224 g/mol. The van der Waals surface area contributed by atoms with Crippen molar-refractivity contribution in [2.75, 3.05) is 26.4 Å². The SMILES string of the molecule is CC(=O)NC(C(=O)NCCOCCO)C(C)C. The fraction of sp³-hybridized carbons (Fsp3) is 0.818. The van der Waals surface area contributed by atoms with Crippen LogP contribution in [0.3, 0.4) is 0 Å². The van der Waals surface area contributed by atoms with Crippen LogP contribution in [0, 0.1) is 5.92 Å². The van der Waals surface area contributed by atoms with Crippen molar-refractivity contribution in [1.29, 1.82) is 0 Å². The summed E-state index contributed by atoms with van der Waals surface area (Å²) in [5.41, 5.74) is 0. The maximum atomic E-state index is 11.7. The van der Waals surface area contributed by atoms with E-state index < -0.39 is 6.04 Å². The second-order valence-corrected chi connectivity index (χ2v) is 4.05. The molecule has 6 heteroatoms. The monoisotopic (exact) mass is 246 g/mol. The van der Waals surface area contributed by atoms with E-state index in [9.17, 15) is 9.59 Å². The minimum absolute atomic E-state index is 0.0252. The van der Waals surface area contributed by atoms with Gasteiger partial charge in [0.1, 0.15) is 6.04 Å². The van der Waals surface area contributed by atoms with Crippen LogP contribution in [-0.4, -0.2) is 49.3 Å². The molecule has 0 saturated heterocycles. The Morgan fingerprint density at radius 3 is 2.41 bits per heavy atom. The van der Waals surface area contributed by atoms with Gasteiger partial charge in [0.25, 0.3) is 0 Å². The van der Waals surface area contributed by atoms with Crippen LogP contribution in [-0.2, 0) is 14.3 Å². The molecule has 1 unspecified atom stereocenters. The second-order valence-electron chi connectivity index (χ2n) is 4.05. The molecule has 0 saturated carbocycles. The van der Waals surface area contributed by atoms with Crippen LogP contribution in [0.5, 0.6) is 0 Å². The minimum atomic E-state index is -0.523. The van der Waals surface area contributed by atoms with E-state index in [4.69, 9.17) is 9.84 Å². The molecule has 1 atom stereocenters. The Kier molecular flexibility index (Phi) is 8.35. The zero-order chi connectivity index (χ0) is 13.3. The summed E-state index contributed by atoms with van der Waals surface area (Å²) in [7, 11) is 0. The quantitative estimate of drug-likeness (QED) is 0.493. The largest absolute Gasteiger partial charge is 0.394 e. The van der Waals surface area contributed by atoms with Gasteiger partial charge in [0.15, 0.2) is 0 Å². The number of nitrogens with one attached hydrogen (secondary N) is 2. The van der Waals surface area contributed by atoms with E-state index in [2.05, 4.69) is 10.6 Å². The number of carbonyl (C=O) groups is 2. The fourth-order valence-electron chi connectivity index (χ4n) is 1.28. The average Bonchev–Trinajstić information content (AvgIpc) is 2.24. The first kappa shape index (κ1) is 15.9. The Bertz CT molecular complexity index is 244. The molecule has 0 bridgehead atoms. The first-order valence-electron chi connectivity index (χ1n) is 5.72. The van der Waals surface area contributed by atoms with Crippen molar-refractivity contribution in [2.45, 2.75) is 26.8 Å². The lowest BCUT2D eigenvalue weighted by atomic mass is 10.0. The van der Waals surface area contributed by atoms with Crippen molar-refractivity contribution < 1.29 is 19.4 Å². The molecule has 0 fully saturated rings. The molecule has 0 aliphatic heterocycles. The molecule has 0 aromatic heterocycles. The predicted molar refractivity (Wildman–Crippen MR) is 63.4 cm³/mol. The topological polar surface area (TPSA) is 87.7 Å². The van der Waals surface area contributed by atoms with Crippen LogP contribution in [0.1, 0.15) is 20.8 Å². The molecule has 0 rings (SSSR count). The van der Waals surface area contributed by atoms with Crippen LogP contribution in [0.25, 0.3) is 0 Å². The number of rotatable bonds is 8. The average molecular weight is 246 g/mol. The number of ether oxygens (including phenoxy) is 1. The smallest absolute Gasteiger partial charge is 0.242 e. The summed E-state index contributed by atoms with van der Waals surface area (Å²) < 4.78 is 5.00. The Balaban J connectivity index is 3.94. The summed E-state index contributed by atoms with van der Waals surface area (Å²) in [6.45, 7) is 6.04. The van der Waals surface area contributed by atoms with Crippen LogP contribution >= 0.6 is 0 Å². The summed E-state index contributed by atoms with van der Waals surface area (Å²) in [4.78, 5) is 22.7. The van der Waals surface area contributed by atoms with Gasteiger partial charge in [-0.05, 0) is 5.92 Å². The molecule has 6 nitrogen and oxygen atoms in total. The molecule has 3 N–H and O–H groups in total. The maximum absolute atomic E-state index is 11.7. The van der Waals surface area contributed by atoms with Gasteiger partial charge >= 0.3 is 0 Å². The predicted octanol–water partition coefficient (Wildman–Crippen LogP) is -0.728. The molecule has 0 aliphatic carbocycles. The van der Waals surface area contributed by atoms with E-state index in [1.165, 1.54) is 6.92 Å². The summed E-state index contributed by atoms with van der Waals surface area (Å²) in [6.07, 6.45) is 0. The lowest BCUT2D eigenvalue weighted by Gasteiger charge is -2.20. The summed E-state index contributed by atoms with van der Waals surface area (Å²) in [5.74, 6) is -0.421. The van der Waals surface area contributed by atoms with Gasteiger partial charge in [0, 0.05) is 13.5 Å². The van der Waals surface area contributed by atoms with Crippen molar-refractivity contribution in [3.05, 3.63) is 0 Å². The highest BCUT2D eigenvalue weighted by Gasteiger charge is 2.22. The zero-order valence-corrected chi connectivity index (χ0v) is 10.7. The molecule has 17 heavy (non-hydrogen) atoms. The highest BCUT2D eigenvalue weighted by atomic mass is 16.5. The Morgan fingerprint density at radius 2 is 1.94 bits per heavy atom. The van der Waals surface area contributed by atoms with Crippen molar-refractivity contribution in [3.8, 4) is 0 Å². The van der Waals surface area contributed by atoms with E-state index >= 15 is 0 Å². The van der Waals surface area contributed by atoms with E-state index in [1.807, 2.05) is 13.8 Å². The lowest BCUT2D eigenvalue weighted by molar-refractivity contribution is -0.129. The Hall–Kier alpha value is -1.14. The molecule has 0 aromatic carbocycles. The van der Waals surface area contributed by atoms with Crippen LogP contribution in [0.4, 0.5) is 0 Å². The standard InChI is InChI=1S/C11H22N2O4/c1-8(2)10(13-9(3)15)11(16)12-4-6-17-7-5-14/h8,10,14H,4-7H2,1-3H3,(H,12,16)(H,13,15). The van der Waals surface area contributed by atoms with Crippen LogP contribution in [0.2, 0.25) is 0 Å². The number of carbonyl (C=O) groups excluding carboxylic acids is 2. The molecule has 0 aromatic rings. The molecule has 2 amide bonds. The first-order valence-corrected chi connectivity index (χ1v) is 5.72. The Morgan fingerprint density at radius 1 is 1.29 bits per heavy atom. The van der Waals surface area contributed by atoms with E-state index in [0.29, 0.717) is 13.2 Å². The highest BCUT2D eigenvalue weighted by Crippen LogP contribution is 2.01. The third-order valence-corrected chi connectivity index (χ3v) is 2.09. The van der Waals surface area contributed by atoms with E-state index in [0.717, 1.165) is 0 Å². The van der Waals surface area contributed by atoms with Crippen molar-refractivity contribution in [3.63, 3.8) is 0 Å². The van der Waals surface area contributed by atoms with Crippen LogP contribution < -0.4 is 10.6 Å². The van der Waals surface area contributed by atoms with Gasteiger partial charge in [0.05, 0.1) is 19.8 Å². The summed E-state index contributed by atoms with van der Waals surface area (Å²) in [5, 5.41) is 13.7. The minimum Gasteiger partial charge on any atom is -0.394 e. The summed E-state index contributed by atoms with van der Waals surface area (Å²) in [6, 6.07) is -0.523. The third-order valence-electron chi connectivity index (χ3n) is 2.09. The lowest BCUT2D eigenvalue weighted by Crippen LogP contribution is -2.49. The van der Waals surface area contributed by atoms with Gasteiger partial charge in [-0.1, -0.05) is 13.8 Å². The third kappa shape index (κ3) is 7.70. The van der Waals surface area contributed by atoms with E-state index in [-0.39, 0.29) is 30.9 Å².